The number of aliphatic carboxylic acids is 1. The molecule has 0 amide bonds. The predicted octanol–water partition coefficient (Wildman–Crippen LogP) is 1.44. The van der Waals surface area contributed by atoms with Crippen molar-refractivity contribution in [3.63, 3.8) is 0 Å². The molecular weight excluding hydrogens is 288 g/mol. The van der Waals surface area contributed by atoms with Gasteiger partial charge in [-0.2, -0.15) is 0 Å². The average molecular weight is 308 g/mol. The highest BCUT2D eigenvalue weighted by Crippen LogP contribution is 2.28. The van der Waals surface area contributed by atoms with Crippen LogP contribution in [0.1, 0.15) is 19.3 Å². The van der Waals surface area contributed by atoms with Crippen molar-refractivity contribution in [1.29, 1.82) is 0 Å². The average Bonchev–Trinajstić information content (AvgIpc) is 2.49. The number of benzene rings is 1. The van der Waals surface area contributed by atoms with E-state index >= 15 is 0 Å². The zero-order valence-corrected chi connectivity index (χ0v) is 12.5. The lowest BCUT2D eigenvalue weighted by Crippen LogP contribution is -2.29. The van der Waals surface area contributed by atoms with Gasteiger partial charge in [0.1, 0.15) is 5.03 Å². The quantitative estimate of drug-likeness (QED) is 0.282. The van der Waals surface area contributed by atoms with Crippen molar-refractivity contribution in [3.8, 4) is 0 Å². The van der Waals surface area contributed by atoms with Crippen molar-refractivity contribution in [1.82, 2.24) is 5.43 Å². The van der Waals surface area contributed by atoms with Gasteiger partial charge >= 0.3 is 5.97 Å². The van der Waals surface area contributed by atoms with Gasteiger partial charge in [0, 0.05) is 23.7 Å². The molecule has 0 atom stereocenters. The topological polar surface area (TPSA) is 105 Å². The Morgan fingerprint density at radius 1 is 1.19 bits per heavy atom. The Balaban J connectivity index is 2.07. The van der Waals surface area contributed by atoms with Crippen LogP contribution in [-0.2, 0) is 4.79 Å². The van der Waals surface area contributed by atoms with Crippen molar-refractivity contribution < 1.29 is 9.90 Å². The molecule has 1 fully saturated rings. The van der Waals surface area contributed by atoms with Crippen LogP contribution in [0.25, 0.3) is 0 Å². The number of nitrogens with two attached hydrogens (primary N) is 2. The fourth-order valence-electron chi connectivity index (χ4n) is 2.29. The van der Waals surface area contributed by atoms with Crippen molar-refractivity contribution in [2.24, 2.45) is 11.6 Å². The van der Waals surface area contributed by atoms with Crippen LogP contribution in [0, 0.1) is 0 Å². The largest absolute Gasteiger partial charge is 0.476 e. The van der Waals surface area contributed by atoms with Crippen LogP contribution in [0.15, 0.2) is 39.9 Å². The molecule has 7 heteroatoms. The number of carboxylic acids is 1. The number of nitrogens with one attached hydrogen (secondary N) is 1. The van der Waals surface area contributed by atoms with Crippen LogP contribution in [0.2, 0.25) is 0 Å². The van der Waals surface area contributed by atoms with Crippen molar-refractivity contribution in [2.75, 3.05) is 18.0 Å². The van der Waals surface area contributed by atoms with Gasteiger partial charge in [0.25, 0.3) is 0 Å². The third kappa shape index (κ3) is 4.05. The Morgan fingerprint density at radius 3 is 2.33 bits per heavy atom. The monoisotopic (exact) mass is 308 g/mol. The maximum absolute atomic E-state index is 10.9. The highest BCUT2D eigenvalue weighted by molar-refractivity contribution is 8.03. The first-order valence-electron chi connectivity index (χ1n) is 6.84. The number of hydrazine groups is 1. The number of thioether (sulfide) groups is 1. The van der Waals surface area contributed by atoms with Gasteiger partial charge in [-0.05, 0) is 43.5 Å². The molecule has 0 aliphatic carbocycles. The van der Waals surface area contributed by atoms with Gasteiger partial charge in [0.05, 0.1) is 0 Å². The summed E-state index contributed by atoms with van der Waals surface area (Å²) < 4.78 is 0. The molecule has 1 aromatic carbocycles. The van der Waals surface area contributed by atoms with Crippen LogP contribution in [0.3, 0.4) is 0 Å². The molecule has 1 saturated heterocycles. The molecule has 0 aromatic heterocycles. The van der Waals surface area contributed by atoms with E-state index in [9.17, 15) is 4.79 Å². The van der Waals surface area contributed by atoms with E-state index < -0.39 is 5.97 Å². The smallest absolute Gasteiger partial charge is 0.356 e. The SMILES string of the molecule is NN/C(C(=O)O)=C(\N)Sc1ccc(N2CCCCC2)cc1. The first-order valence-corrected chi connectivity index (χ1v) is 7.66. The molecule has 114 valence electrons. The van der Waals surface area contributed by atoms with Gasteiger partial charge in [-0.3, -0.25) is 5.84 Å². The maximum Gasteiger partial charge on any atom is 0.356 e. The van der Waals surface area contributed by atoms with Gasteiger partial charge < -0.3 is 21.2 Å². The van der Waals surface area contributed by atoms with E-state index in [1.165, 1.54) is 36.7 Å². The van der Waals surface area contributed by atoms with Crippen molar-refractivity contribution >= 4 is 23.4 Å². The minimum absolute atomic E-state index is 0.135. The number of nitrogens with zero attached hydrogens (tertiary/aromatic N) is 1. The molecule has 0 spiro atoms. The van der Waals surface area contributed by atoms with Gasteiger partial charge in [-0.1, -0.05) is 11.8 Å². The number of rotatable bonds is 5. The van der Waals surface area contributed by atoms with E-state index in [1.807, 2.05) is 24.3 Å². The van der Waals surface area contributed by atoms with Gasteiger partial charge in [-0.25, -0.2) is 4.79 Å². The number of hydrogen-bond donors (Lipinski definition) is 4. The Hall–Kier alpha value is -1.86. The Kier molecular flexibility index (Phi) is 5.35. The fraction of sp³-hybridized carbons (Fsp3) is 0.357. The molecule has 0 saturated carbocycles. The molecule has 2 rings (SSSR count). The first kappa shape index (κ1) is 15.5. The molecule has 0 radical (unpaired) electrons. The second-order valence-corrected chi connectivity index (χ2v) is 5.95. The summed E-state index contributed by atoms with van der Waals surface area (Å²) in [6.45, 7) is 2.18. The fourth-order valence-corrected chi connectivity index (χ4v) is 3.07. The van der Waals surface area contributed by atoms with Crippen LogP contribution in [0.5, 0.6) is 0 Å². The highest BCUT2D eigenvalue weighted by atomic mass is 32.2. The van der Waals surface area contributed by atoms with Gasteiger partial charge in [-0.15, -0.1) is 0 Å². The Morgan fingerprint density at radius 2 is 1.81 bits per heavy atom. The van der Waals surface area contributed by atoms with Gasteiger partial charge in [0.2, 0.25) is 0 Å². The summed E-state index contributed by atoms with van der Waals surface area (Å²) in [4.78, 5) is 14.2. The lowest BCUT2D eigenvalue weighted by Gasteiger charge is -2.28. The molecule has 1 heterocycles. The lowest BCUT2D eigenvalue weighted by atomic mass is 10.1. The highest BCUT2D eigenvalue weighted by Gasteiger charge is 2.13. The summed E-state index contributed by atoms with van der Waals surface area (Å²) in [5, 5.41) is 9.07. The second kappa shape index (κ2) is 7.24. The van der Waals surface area contributed by atoms with Crippen molar-refractivity contribution in [3.05, 3.63) is 35.0 Å². The van der Waals surface area contributed by atoms with Gasteiger partial charge in [0.15, 0.2) is 5.70 Å². The summed E-state index contributed by atoms with van der Waals surface area (Å²) >= 11 is 1.18. The maximum atomic E-state index is 10.9. The molecule has 1 aliphatic heterocycles. The zero-order chi connectivity index (χ0) is 15.2. The summed E-state index contributed by atoms with van der Waals surface area (Å²) in [5.74, 6) is 3.99. The number of piperidine rings is 1. The first-order chi connectivity index (χ1) is 10.1. The summed E-state index contributed by atoms with van der Waals surface area (Å²) in [6.07, 6.45) is 3.77. The zero-order valence-electron chi connectivity index (χ0n) is 11.7. The number of hydrogen-bond acceptors (Lipinski definition) is 6. The molecule has 1 aromatic rings. The van der Waals surface area contributed by atoms with E-state index in [2.05, 4.69) is 10.3 Å². The molecule has 1 aliphatic rings. The standard InChI is InChI=1S/C14H20N4O2S/c15-13(12(17-16)14(19)20)21-11-6-4-10(5-7-11)18-8-2-1-3-9-18/h4-7,17H,1-3,8-9,15-16H2,(H,19,20)/b13-12+. The predicted molar refractivity (Wildman–Crippen MR) is 84.5 cm³/mol. The Bertz CT molecular complexity index is 524. The third-order valence-electron chi connectivity index (χ3n) is 3.39. The third-order valence-corrected chi connectivity index (χ3v) is 4.32. The van der Waals surface area contributed by atoms with Crippen LogP contribution in [0.4, 0.5) is 5.69 Å². The number of anilines is 1. The minimum atomic E-state index is -1.17. The van der Waals surface area contributed by atoms with E-state index in [4.69, 9.17) is 16.7 Å². The second-order valence-electron chi connectivity index (χ2n) is 4.83. The minimum Gasteiger partial charge on any atom is -0.476 e. The van der Waals surface area contributed by atoms with Crippen LogP contribution in [-0.4, -0.2) is 24.2 Å². The van der Waals surface area contributed by atoms with E-state index in [1.54, 1.807) is 0 Å². The molecule has 6 N–H and O–H groups in total. The summed E-state index contributed by atoms with van der Waals surface area (Å²) in [5.41, 5.74) is 8.86. The Labute approximate surface area is 128 Å². The van der Waals surface area contributed by atoms with E-state index in [0.29, 0.717) is 0 Å². The molecule has 0 unspecified atom stereocenters. The molecule has 0 bridgehead atoms. The van der Waals surface area contributed by atoms with Crippen LogP contribution >= 0.6 is 11.8 Å². The normalized spacial score (nSPS) is 16.3. The molecule has 21 heavy (non-hydrogen) atoms. The van der Waals surface area contributed by atoms with Crippen LogP contribution < -0.4 is 21.9 Å². The number of carbonyl (C=O) groups is 1. The van der Waals surface area contributed by atoms with E-state index in [0.717, 1.165) is 18.0 Å². The lowest BCUT2D eigenvalue weighted by molar-refractivity contribution is -0.133. The summed E-state index contributed by atoms with van der Waals surface area (Å²) in [7, 11) is 0. The molecular formula is C14H20N4O2S. The van der Waals surface area contributed by atoms with E-state index in [-0.39, 0.29) is 10.7 Å². The summed E-state index contributed by atoms with van der Waals surface area (Å²) in [6, 6.07) is 7.96. The molecule has 6 nitrogen and oxygen atoms in total. The van der Waals surface area contributed by atoms with Crippen molar-refractivity contribution in [2.45, 2.75) is 24.2 Å². The number of carboxylic acid groups (broad SMARTS) is 1.